The molecule has 3 heteroatoms. The van der Waals surface area contributed by atoms with Gasteiger partial charge >= 0.3 is 0 Å². The maximum Gasteiger partial charge on any atom is 0.222 e. The number of hydrogen-bond acceptors (Lipinski definition) is 2. The molecule has 1 heterocycles. The van der Waals surface area contributed by atoms with Crippen molar-refractivity contribution in [2.75, 3.05) is 27.2 Å². The zero-order valence-electron chi connectivity index (χ0n) is 7.97. The van der Waals surface area contributed by atoms with Crippen LogP contribution in [0.1, 0.15) is 19.3 Å². The molecule has 1 unspecified atom stereocenters. The van der Waals surface area contributed by atoms with E-state index in [0.29, 0.717) is 12.3 Å². The van der Waals surface area contributed by atoms with Crippen molar-refractivity contribution < 1.29 is 4.79 Å². The van der Waals surface area contributed by atoms with Crippen LogP contribution in [0.2, 0.25) is 0 Å². The van der Waals surface area contributed by atoms with Gasteiger partial charge in [-0.2, -0.15) is 0 Å². The number of carbonyl (C=O) groups excluding carboxylic acids is 1. The van der Waals surface area contributed by atoms with Gasteiger partial charge in [-0.05, 0) is 31.8 Å². The molecule has 0 saturated carbocycles. The van der Waals surface area contributed by atoms with Gasteiger partial charge in [0.05, 0.1) is 0 Å². The molecule has 3 nitrogen and oxygen atoms in total. The third-order valence-corrected chi connectivity index (χ3v) is 2.36. The smallest absolute Gasteiger partial charge is 0.222 e. The van der Waals surface area contributed by atoms with Crippen molar-refractivity contribution in [2.24, 2.45) is 5.92 Å². The highest BCUT2D eigenvalue weighted by molar-refractivity contribution is 5.75. The van der Waals surface area contributed by atoms with E-state index in [0.717, 1.165) is 13.1 Å². The first kappa shape index (κ1) is 9.52. The molecule has 1 atom stereocenters. The highest BCUT2D eigenvalue weighted by Gasteiger charge is 2.17. The minimum atomic E-state index is 0.253. The van der Waals surface area contributed by atoms with E-state index >= 15 is 0 Å². The number of carbonyl (C=O) groups is 1. The fourth-order valence-corrected chi connectivity index (χ4v) is 1.53. The molecule has 1 N–H and O–H groups in total. The molecule has 0 aliphatic carbocycles. The van der Waals surface area contributed by atoms with Crippen molar-refractivity contribution >= 4 is 5.91 Å². The Kier molecular flexibility index (Phi) is 3.53. The van der Waals surface area contributed by atoms with Crippen LogP contribution in [-0.2, 0) is 4.79 Å². The van der Waals surface area contributed by atoms with E-state index in [2.05, 4.69) is 5.32 Å². The topological polar surface area (TPSA) is 32.3 Å². The van der Waals surface area contributed by atoms with Gasteiger partial charge < -0.3 is 10.2 Å². The number of amides is 1. The largest absolute Gasteiger partial charge is 0.349 e. The molecule has 1 aliphatic heterocycles. The van der Waals surface area contributed by atoms with Crippen LogP contribution < -0.4 is 5.32 Å². The Hall–Kier alpha value is -0.570. The minimum Gasteiger partial charge on any atom is -0.349 e. The first-order valence-corrected chi connectivity index (χ1v) is 4.61. The Balaban J connectivity index is 2.24. The Bertz CT molecular complexity index is 151. The van der Waals surface area contributed by atoms with Crippen LogP contribution in [-0.4, -0.2) is 38.0 Å². The molecule has 0 aromatic rings. The summed E-state index contributed by atoms with van der Waals surface area (Å²) in [5, 5.41) is 3.31. The first-order chi connectivity index (χ1) is 5.70. The fraction of sp³-hybridized carbons (Fsp3) is 0.889. The van der Waals surface area contributed by atoms with Crippen molar-refractivity contribution in [3.63, 3.8) is 0 Å². The normalized spacial score (nSPS) is 23.7. The maximum atomic E-state index is 11.3. The van der Waals surface area contributed by atoms with E-state index in [9.17, 15) is 4.79 Å². The molecule has 70 valence electrons. The Morgan fingerprint density at radius 3 is 2.83 bits per heavy atom. The molecule has 0 bridgehead atoms. The van der Waals surface area contributed by atoms with Gasteiger partial charge in [0.1, 0.15) is 0 Å². The maximum absolute atomic E-state index is 11.3. The summed E-state index contributed by atoms with van der Waals surface area (Å²) < 4.78 is 0. The van der Waals surface area contributed by atoms with Crippen LogP contribution >= 0.6 is 0 Å². The van der Waals surface area contributed by atoms with Gasteiger partial charge in [0.2, 0.25) is 5.91 Å². The van der Waals surface area contributed by atoms with Gasteiger partial charge in [-0.25, -0.2) is 0 Å². The summed E-state index contributed by atoms with van der Waals surface area (Å²) in [5.74, 6) is 0.817. The lowest BCUT2D eigenvalue weighted by Gasteiger charge is -2.23. The van der Waals surface area contributed by atoms with Gasteiger partial charge in [0.25, 0.3) is 0 Å². The number of nitrogens with zero attached hydrogens (tertiary/aromatic N) is 1. The predicted octanol–water partition coefficient (Wildman–Crippen LogP) is 0.464. The van der Waals surface area contributed by atoms with Gasteiger partial charge in [-0.1, -0.05) is 0 Å². The van der Waals surface area contributed by atoms with Gasteiger partial charge in [-0.15, -0.1) is 0 Å². The second-order valence-electron chi connectivity index (χ2n) is 3.70. The Labute approximate surface area is 74.1 Å². The van der Waals surface area contributed by atoms with Crippen molar-refractivity contribution in [1.29, 1.82) is 0 Å². The van der Waals surface area contributed by atoms with Gasteiger partial charge in [0, 0.05) is 20.5 Å². The van der Waals surface area contributed by atoms with Crippen LogP contribution in [0.5, 0.6) is 0 Å². The van der Waals surface area contributed by atoms with Crippen molar-refractivity contribution in [3.05, 3.63) is 0 Å². The molecule has 1 fully saturated rings. The van der Waals surface area contributed by atoms with Crippen molar-refractivity contribution in [2.45, 2.75) is 19.3 Å². The molecule has 1 amide bonds. The summed E-state index contributed by atoms with van der Waals surface area (Å²) in [6.07, 6.45) is 3.12. The molecule has 0 aromatic carbocycles. The number of nitrogens with one attached hydrogen (secondary N) is 1. The molecular weight excluding hydrogens is 152 g/mol. The van der Waals surface area contributed by atoms with Crippen LogP contribution in [0.25, 0.3) is 0 Å². The highest BCUT2D eigenvalue weighted by Crippen LogP contribution is 2.14. The Morgan fingerprint density at radius 1 is 1.58 bits per heavy atom. The van der Waals surface area contributed by atoms with Gasteiger partial charge in [-0.3, -0.25) is 4.79 Å². The lowest BCUT2D eigenvalue weighted by atomic mass is 9.96. The summed E-state index contributed by atoms with van der Waals surface area (Å²) in [6, 6.07) is 0. The molecule has 0 radical (unpaired) electrons. The first-order valence-electron chi connectivity index (χ1n) is 4.61. The summed E-state index contributed by atoms with van der Waals surface area (Å²) >= 11 is 0. The predicted molar refractivity (Wildman–Crippen MR) is 48.9 cm³/mol. The molecule has 1 rings (SSSR count). The zero-order chi connectivity index (χ0) is 8.97. The van der Waals surface area contributed by atoms with E-state index < -0.39 is 0 Å². The SMILES string of the molecule is CN(C)C(=O)CC1CCCNC1. The molecule has 0 spiro atoms. The summed E-state index contributed by atoms with van der Waals surface area (Å²) in [5.41, 5.74) is 0. The van der Waals surface area contributed by atoms with E-state index in [4.69, 9.17) is 0 Å². The van der Waals surface area contributed by atoms with Gasteiger partial charge in [0.15, 0.2) is 0 Å². The van der Waals surface area contributed by atoms with Crippen LogP contribution in [0.3, 0.4) is 0 Å². The zero-order valence-corrected chi connectivity index (χ0v) is 7.97. The van der Waals surface area contributed by atoms with E-state index in [1.54, 1.807) is 4.90 Å². The summed E-state index contributed by atoms with van der Waals surface area (Å²) in [4.78, 5) is 13.0. The quantitative estimate of drug-likeness (QED) is 0.653. The van der Waals surface area contributed by atoms with E-state index in [1.807, 2.05) is 14.1 Å². The number of rotatable bonds is 2. The minimum absolute atomic E-state index is 0.253. The standard InChI is InChI=1S/C9H18N2O/c1-11(2)9(12)6-8-4-3-5-10-7-8/h8,10H,3-7H2,1-2H3. The van der Waals surface area contributed by atoms with E-state index in [1.165, 1.54) is 12.8 Å². The highest BCUT2D eigenvalue weighted by atomic mass is 16.2. The third kappa shape index (κ3) is 2.81. The average Bonchev–Trinajstić information content (AvgIpc) is 2.06. The lowest BCUT2D eigenvalue weighted by Crippen LogP contribution is -2.33. The van der Waals surface area contributed by atoms with Crippen molar-refractivity contribution in [1.82, 2.24) is 10.2 Å². The monoisotopic (exact) mass is 170 g/mol. The van der Waals surface area contributed by atoms with Crippen molar-refractivity contribution in [3.8, 4) is 0 Å². The van der Waals surface area contributed by atoms with E-state index in [-0.39, 0.29) is 5.91 Å². The molecule has 0 aromatic heterocycles. The summed E-state index contributed by atoms with van der Waals surface area (Å²) in [7, 11) is 3.64. The van der Waals surface area contributed by atoms with Crippen LogP contribution in [0.15, 0.2) is 0 Å². The van der Waals surface area contributed by atoms with Crippen LogP contribution in [0.4, 0.5) is 0 Å². The van der Waals surface area contributed by atoms with Crippen LogP contribution in [0, 0.1) is 5.92 Å². The second kappa shape index (κ2) is 4.45. The lowest BCUT2D eigenvalue weighted by molar-refractivity contribution is -0.129. The average molecular weight is 170 g/mol. The molecule has 1 saturated heterocycles. The Morgan fingerprint density at radius 2 is 2.33 bits per heavy atom. The second-order valence-corrected chi connectivity index (χ2v) is 3.70. The molecule has 12 heavy (non-hydrogen) atoms. The molecule has 1 aliphatic rings. The fourth-order valence-electron chi connectivity index (χ4n) is 1.53. The number of piperidine rings is 1. The number of hydrogen-bond donors (Lipinski definition) is 1. The molecular formula is C9H18N2O. The summed E-state index contributed by atoms with van der Waals surface area (Å²) in [6.45, 7) is 2.13. The third-order valence-electron chi connectivity index (χ3n) is 2.36.